The molecule has 0 radical (unpaired) electrons. The van der Waals surface area contributed by atoms with Gasteiger partial charge in [0.05, 0.1) is 0 Å². The minimum absolute atomic E-state index is 0.436. The third kappa shape index (κ3) is 2.75. The Labute approximate surface area is 77.5 Å². The lowest BCUT2D eigenvalue weighted by atomic mass is 10.1. The van der Waals surface area contributed by atoms with Crippen LogP contribution in [0.15, 0.2) is 35.9 Å². The number of carbonyl (C=O) groups is 1. The van der Waals surface area contributed by atoms with Gasteiger partial charge in [0, 0.05) is 5.57 Å². The van der Waals surface area contributed by atoms with E-state index in [1.54, 1.807) is 6.08 Å². The Morgan fingerprint density at radius 2 is 2.00 bits per heavy atom. The molecule has 1 aromatic carbocycles. The molecule has 1 N–H and O–H groups in total. The Balaban J connectivity index is 2.92. The average Bonchev–Trinajstić information content (AvgIpc) is 2.15. The first-order chi connectivity index (χ1) is 6.24. The van der Waals surface area contributed by atoms with Crippen molar-refractivity contribution in [1.82, 2.24) is 0 Å². The van der Waals surface area contributed by atoms with Crippen molar-refractivity contribution >= 4 is 12.0 Å². The molecule has 0 aliphatic rings. The largest absolute Gasteiger partial charge is 0.478 e. The maximum absolute atomic E-state index is 10.7. The van der Waals surface area contributed by atoms with Gasteiger partial charge in [0.25, 0.3) is 0 Å². The molecule has 2 nitrogen and oxygen atoms in total. The lowest BCUT2D eigenvalue weighted by Gasteiger charge is -1.97. The standard InChI is InChI=1S/C11H12O2/c1-2-10(11(12)13)8-9-6-4-3-5-7-9/h3-8H,2H2,1H3,(H,12,13)/b10-8+. The highest BCUT2D eigenvalue weighted by Gasteiger charge is 2.02. The lowest BCUT2D eigenvalue weighted by Crippen LogP contribution is -1.98. The lowest BCUT2D eigenvalue weighted by molar-refractivity contribution is -0.132. The van der Waals surface area contributed by atoms with Crippen molar-refractivity contribution in [2.45, 2.75) is 13.3 Å². The number of hydrogen-bond donors (Lipinski definition) is 1. The molecule has 0 bridgehead atoms. The third-order valence-electron chi connectivity index (χ3n) is 1.80. The van der Waals surface area contributed by atoms with Gasteiger partial charge in [0.15, 0.2) is 0 Å². The topological polar surface area (TPSA) is 37.3 Å². The zero-order valence-electron chi connectivity index (χ0n) is 7.53. The van der Waals surface area contributed by atoms with Gasteiger partial charge in [0.2, 0.25) is 0 Å². The van der Waals surface area contributed by atoms with E-state index in [0.29, 0.717) is 12.0 Å². The minimum atomic E-state index is -0.841. The summed E-state index contributed by atoms with van der Waals surface area (Å²) in [7, 11) is 0. The van der Waals surface area contributed by atoms with E-state index in [2.05, 4.69) is 0 Å². The van der Waals surface area contributed by atoms with E-state index in [4.69, 9.17) is 5.11 Å². The van der Waals surface area contributed by atoms with Gasteiger partial charge in [-0.25, -0.2) is 4.79 Å². The van der Waals surface area contributed by atoms with Crippen LogP contribution in [0.3, 0.4) is 0 Å². The van der Waals surface area contributed by atoms with Crippen molar-refractivity contribution in [3.05, 3.63) is 41.5 Å². The Hall–Kier alpha value is -1.57. The highest BCUT2D eigenvalue weighted by atomic mass is 16.4. The smallest absolute Gasteiger partial charge is 0.331 e. The van der Waals surface area contributed by atoms with E-state index >= 15 is 0 Å². The highest BCUT2D eigenvalue weighted by molar-refractivity contribution is 5.91. The van der Waals surface area contributed by atoms with Gasteiger partial charge in [-0.05, 0) is 18.1 Å². The molecule has 0 atom stereocenters. The molecule has 0 aliphatic heterocycles. The van der Waals surface area contributed by atoms with Crippen LogP contribution in [-0.2, 0) is 4.79 Å². The molecule has 0 aromatic heterocycles. The van der Waals surface area contributed by atoms with Crippen LogP contribution < -0.4 is 0 Å². The summed E-state index contributed by atoms with van der Waals surface area (Å²) in [6, 6.07) is 9.46. The van der Waals surface area contributed by atoms with Crippen molar-refractivity contribution in [3.63, 3.8) is 0 Å². The maximum Gasteiger partial charge on any atom is 0.331 e. The van der Waals surface area contributed by atoms with Gasteiger partial charge in [-0.3, -0.25) is 0 Å². The van der Waals surface area contributed by atoms with Crippen LogP contribution in [0.25, 0.3) is 6.08 Å². The van der Waals surface area contributed by atoms with Gasteiger partial charge in [-0.15, -0.1) is 0 Å². The Kier molecular flexibility index (Phi) is 3.26. The van der Waals surface area contributed by atoms with Gasteiger partial charge < -0.3 is 5.11 Å². The van der Waals surface area contributed by atoms with E-state index in [9.17, 15) is 4.79 Å². The molecule has 0 fully saturated rings. The molecule has 13 heavy (non-hydrogen) atoms. The van der Waals surface area contributed by atoms with Crippen LogP contribution in [0.2, 0.25) is 0 Å². The van der Waals surface area contributed by atoms with Gasteiger partial charge in [-0.2, -0.15) is 0 Å². The average molecular weight is 176 g/mol. The molecule has 0 saturated carbocycles. The van der Waals surface area contributed by atoms with Crippen LogP contribution in [0.1, 0.15) is 18.9 Å². The van der Waals surface area contributed by atoms with Crippen LogP contribution in [0.5, 0.6) is 0 Å². The normalized spacial score (nSPS) is 11.3. The van der Waals surface area contributed by atoms with Gasteiger partial charge in [-0.1, -0.05) is 37.3 Å². The first kappa shape index (κ1) is 9.52. The molecular formula is C11H12O2. The molecular weight excluding hydrogens is 164 g/mol. The summed E-state index contributed by atoms with van der Waals surface area (Å²) in [5.74, 6) is -0.841. The van der Waals surface area contributed by atoms with Crippen LogP contribution >= 0.6 is 0 Å². The van der Waals surface area contributed by atoms with E-state index < -0.39 is 5.97 Å². The molecule has 0 aliphatic carbocycles. The molecule has 0 heterocycles. The number of carboxylic acids is 1. The van der Waals surface area contributed by atoms with Crippen molar-refractivity contribution in [2.75, 3.05) is 0 Å². The fourth-order valence-corrected chi connectivity index (χ4v) is 1.07. The molecule has 68 valence electrons. The predicted octanol–water partition coefficient (Wildman–Crippen LogP) is 2.56. The zero-order chi connectivity index (χ0) is 9.68. The number of rotatable bonds is 3. The highest BCUT2D eigenvalue weighted by Crippen LogP contribution is 2.09. The summed E-state index contributed by atoms with van der Waals surface area (Å²) in [4.78, 5) is 10.7. The molecule has 0 amide bonds. The molecule has 0 unspecified atom stereocenters. The van der Waals surface area contributed by atoms with Crippen LogP contribution in [-0.4, -0.2) is 11.1 Å². The first-order valence-corrected chi connectivity index (χ1v) is 4.23. The molecule has 0 spiro atoms. The number of aliphatic carboxylic acids is 1. The molecule has 1 aromatic rings. The third-order valence-corrected chi connectivity index (χ3v) is 1.80. The van der Waals surface area contributed by atoms with Crippen molar-refractivity contribution < 1.29 is 9.90 Å². The number of carboxylic acid groups (broad SMARTS) is 1. The summed E-state index contributed by atoms with van der Waals surface area (Å²) in [5.41, 5.74) is 1.37. The fourth-order valence-electron chi connectivity index (χ4n) is 1.07. The van der Waals surface area contributed by atoms with Crippen molar-refractivity contribution in [3.8, 4) is 0 Å². The van der Waals surface area contributed by atoms with Gasteiger partial charge in [0.1, 0.15) is 0 Å². The number of benzene rings is 1. The van der Waals surface area contributed by atoms with Crippen LogP contribution in [0, 0.1) is 0 Å². The monoisotopic (exact) mass is 176 g/mol. The SMILES string of the molecule is CC/C(=C\c1ccccc1)C(=O)O. The van der Waals surface area contributed by atoms with Crippen molar-refractivity contribution in [1.29, 1.82) is 0 Å². The maximum atomic E-state index is 10.7. The second-order valence-electron chi connectivity index (χ2n) is 2.74. The minimum Gasteiger partial charge on any atom is -0.478 e. The second kappa shape index (κ2) is 4.45. The van der Waals surface area contributed by atoms with Crippen molar-refractivity contribution in [2.24, 2.45) is 0 Å². The van der Waals surface area contributed by atoms with E-state index in [-0.39, 0.29) is 0 Å². The predicted molar refractivity (Wildman–Crippen MR) is 52.3 cm³/mol. The summed E-state index contributed by atoms with van der Waals surface area (Å²) >= 11 is 0. The summed E-state index contributed by atoms with van der Waals surface area (Å²) in [5, 5.41) is 8.77. The number of hydrogen-bond acceptors (Lipinski definition) is 1. The van der Waals surface area contributed by atoms with E-state index in [1.807, 2.05) is 37.3 Å². The summed E-state index contributed by atoms with van der Waals surface area (Å²) in [6.07, 6.45) is 2.24. The zero-order valence-corrected chi connectivity index (χ0v) is 7.53. The van der Waals surface area contributed by atoms with E-state index in [0.717, 1.165) is 5.56 Å². The quantitative estimate of drug-likeness (QED) is 0.718. The molecule has 1 rings (SSSR count). The Morgan fingerprint density at radius 3 is 2.46 bits per heavy atom. The Morgan fingerprint density at radius 1 is 1.38 bits per heavy atom. The van der Waals surface area contributed by atoms with Gasteiger partial charge >= 0.3 is 5.97 Å². The Bertz CT molecular complexity index is 312. The molecule has 2 heteroatoms. The van der Waals surface area contributed by atoms with E-state index in [1.165, 1.54) is 0 Å². The first-order valence-electron chi connectivity index (χ1n) is 4.23. The fraction of sp³-hybridized carbons (Fsp3) is 0.182. The molecule has 0 saturated heterocycles. The van der Waals surface area contributed by atoms with Crippen LogP contribution in [0.4, 0.5) is 0 Å². The summed E-state index contributed by atoms with van der Waals surface area (Å²) in [6.45, 7) is 1.84. The summed E-state index contributed by atoms with van der Waals surface area (Å²) < 4.78 is 0. The second-order valence-corrected chi connectivity index (χ2v) is 2.74.